The highest BCUT2D eigenvalue weighted by molar-refractivity contribution is 5.73. The summed E-state index contributed by atoms with van der Waals surface area (Å²) < 4.78 is 21.0. The molecular weight excluding hydrogens is 370 g/mol. The predicted octanol–water partition coefficient (Wildman–Crippen LogP) is -3.48. The highest BCUT2D eigenvalue weighted by Gasteiger charge is 2.52. The topological polar surface area (TPSA) is 184 Å². The van der Waals surface area contributed by atoms with Crippen LogP contribution in [0.1, 0.15) is 13.8 Å². The molecule has 2 heterocycles. The van der Waals surface area contributed by atoms with E-state index < -0.39 is 73.2 Å². The first-order valence-electron chi connectivity index (χ1n) is 8.29. The van der Waals surface area contributed by atoms with E-state index in [1.54, 1.807) is 6.92 Å². The van der Waals surface area contributed by atoms with Crippen molar-refractivity contribution in [1.29, 1.82) is 0 Å². The first-order chi connectivity index (χ1) is 12.6. The number of rotatable bonds is 5. The Morgan fingerprint density at radius 1 is 1.00 bits per heavy atom. The fraction of sp³-hybridized carbons (Fsp3) is 0.867. The third kappa shape index (κ3) is 4.55. The molecule has 2 aliphatic heterocycles. The van der Waals surface area contributed by atoms with Gasteiger partial charge in [0.2, 0.25) is 5.91 Å². The summed E-state index contributed by atoms with van der Waals surface area (Å²) in [6.07, 6.45) is -13.5. The SMILES string of the molecule is COC1C(OC2C(C(=O)O)OC(O)C(O)C2O)OC(C)C(NC(C)=O)C1O. The molecule has 0 aliphatic carbocycles. The van der Waals surface area contributed by atoms with Gasteiger partial charge in [-0.25, -0.2) is 4.79 Å². The van der Waals surface area contributed by atoms with Crippen molar-refractivity contribution in [2.45, 2.75) is 75.2 Å². The smallest absolute Gasteiger partial charge is 0.335 e. The minimum atomic E-state index is -1.92. The number of carboxylic acids is 1. The summed E-state index contributed by atoms with van der Waals surface area (Å²) in [5.74, 6) is -1.94. The van der Waals surface area contributed by atoms with Crippen molar-refractivity contribution in [2.24, 2.45) is 0 Å². The molecule has 2 rings (SSSR count). The van der Waals surface area contributed by atoms with Crippen molar-refractivity contribution in [3.05, 3.63) is 0 Å². The van der Waals surface area contributed by atoms with Gasteiger partial charge in [-0.3, -0.25) is 4.79 Å². The maximum atomic E-state index is 11.4. The van der Waals surface area contributed by atoms with Crippen molar-refractivity contribution in [2.75, 3.05) is 7.11 Å². The third-order valence-corrected chi connectivity index (χ3v) is 4.57. The molecule has 27 heavy (non-hydrogen) atoms. The molecule has 1 amide bonds. The Morgan fingerprint density at radius 3 is 2.15 bits per heavy atom. The largest absolute Gasteiger partial charge is 0.479 e. The highest BCUT2D eigenvalue weighted by atomic mass is 16.7. The van der Waals surface area contributed by atoms with Gasteiger partial charge in [-0.1, -0.05) is 0 Å². The highest BCUT2D eigenvalue weighted by Crippen LogP contribution is 2.29. The lowest BCUT2D eigenvalue weighted by Crippen LogP contribution is -2.66. The van der Waals surface area contributed by atoms with E-state index in [4.69, 9.17) is 18.9 Å². The zero-order chi connectivity index (χ0) is 20.5. The molecule has 2 saturated heterocycles. The predicted molar refractivity (Wildman–Crippen MR) is 84.1 cm³/mol. The maximum Gasteiger partial charge on any atom is 0.335 e. The first kappa shape index (κ1) is 21.9. The van der Waals surface area contributed by atoms with E-state index >= 15 is 0 Å². The van der Waals surface area contributed by atoms with Gasteiger partial charge in [0.05, 0.1) is 12.1 Å². The lowest BCUT2D eigenvalue weighted by Gasteiger charge is -2.46. The molecule has 10 atom stereocenters. The first-order valence-corrected chi connectivity index (χ1v) is 8.29. The van der Waals surface area contributed by atoms with Crippen LogP contribution in [0.5, 0.6) is 0 Å². The van der Waals surface area contributed by atoms with E-state index in [9.17, 15) is 35.1 Å². The van der Waals surface area contributed by atoms with Crippen molar-refractivity contribution >= 4 is 11.9 Å². The molecule has 156 valence electrons. The molecule has 0 aromatic rings. The normalized spacial score (nSPS) is 45.3. The van der Waals surface area contributed by atoms with Gasteiger partial charge in [0, 0.05) is 14.0 Å². The molecule has 2 aliphatic rings. The molecule has 0 aromatic carbocycles. The summed E-state index contributed by atoms with van der Waals surface area (Å²) in [5, 5.41) is 51.6. The van der Waals surface area contributed by atoms with Crippen LogP contribution in [0, 0.1) is 0 Å². The Kier molecular flexibility index (Phi) is 7.10. The van der Waals surface area contributed by atoms with Crippen molar-refractivity contribution in [3.8, 4) is 0 Å². The Morgan fingerprint density at radius 2 is 1.63 bits per heavy atom. The van der Waals surface area contributed by atoms with Gasteiger partial charge in [0.1, 0.15) is 30.5 Å². The number of carbonyl (C=O) groups is 2. The molecule has 10 unspecified atom stereocenters. The minimum absolute atomic E-state index is 0.400. The lowest BCUT2D eigenvalue weighted by atomic mass is 9.95. The number of methoxy groups -OCH3 is 1. The average Bonchev–Trinajstić information content (AvgIpc) is 2.58. The third-order valence-electron chi connectivity index (χ3n) is 4.57. The fourth-order valence-corrected chi connectivity index (χ4v) is 3.17. The molecular formula is C15H25NO11. The number of carboxylic acid groups (broad SMARTS) is 1. The minimum Gasteiger partial charge on any atom is -0.479 e. The summed E-state index contributed by atoms with van der Waals surface area (Å²) in [7, 11) is 1.25. The number of aliphatic hydroxyl groups excluding tert-OH is 4. The van der Waals surface area contributed by atoms with E-state index in [0.717, 1.165) is 0 Å². The zero-order valence-electron chi connectivity index (χ0n) is 15.0. The van der Waals surface area contributed by atoms with Crippen LogP contribution in [0.4, 0.5) is 0 Å². The van der Waals surface area contributed by atoms with Crippen molar-refractivity contribution in [1.82, 2.24) is 5.32 Å². The Balaban J connectivity index is 2.20. The zero-order valence-corrected chi connectivity index (χ0v) is 15.0. The second kappa shape index (κ2) is 8.75. The average molecular weight is 395 g/mol. The fourth-order valence-electron chi connectivity index (χ4n) is 3.17. The van der Waals surface area contributed by atoms with Crippen molar-refractivity contribution in [3.63, 3.8) is 0 Å². The van der Waals surface area contributed by atoms with Gasteiger partial charge >= 0.3 is 5.97 Å². The van der Waals surface area contributed by atoms with Crippen LogP contribution in [0.3, 0.4) is 0 Å². The van der Waals surface area contributed by atoms with Crippen LogP contribution in [0.2, 0.25) is 0 Å². The maximum absolute atomic E-state index is 11.4. The number of hydrogen-bond donors (Lipinski definition) is 6. The van der Waals surface area contributed by atoms with E-state index in [1.807, 2.05) is 0 Å². The van der Waals surface area contributed by atoms with E-state index in [2.05, 4.69) is 5.32 Å². The number of amides is 1. The number of aliphatic hydroxyl groups is 4. The Hall–Kier alpha value is -1.38. The van der Waals surface area contributed by atoms with Gasteiger partial charge in [0.15, 0.2) is 18.7 Å². The van der Waals surface area contributed by atoms with Gasteiger partial charge in [0.25, 0.3) is 0 Å². The van der Waals surface area contributed by atoms with E-state index in [0.29, 0.717) is 0 Å². The molecule has 6 N–H and O–H groups in total. The number of ether oxygens (including phenoxy) is 4. The van der Waals surface area contributed by atoms with Crippen LogP contribution in [0.25, 0.3) is 0 Å². The van der Waals surface area contributed by atoms with Crippen LogP contribution in [-0.2, 0) is 28.5 Å². The van der Waals surface area contributed by atoms with Gasteiger partial charge in [-0.05, 0) is 6.92 Å². The molecule has 0 radical (unpaired) electrons. The molecule has 0 aromatic heterocycles. The number of aliphatic carboxylic acids is 1. The van der Waals surface area contributed by atoms with Gasteiger partial charge in [-0.2, -0.15) is 0 Å². The summed E-state index contributed by atoms with van der Waals surface area (Å²) >= 11 is 0. The molecule has 2 fully saturated rings. The second-order valence-corrected chi connectivity index (χ2v) is 6.49. The standard InChI is InChI=1S/C15H25NO11/c1-4-6(16-5(2)17)7(18)11(24-3)15(25-4)27-10-8(19)9(20)14(23)26-12(10)13(21)22/h4,6-12,14-15,18-20,23H,1-3H3,(H,16,17)(H,21,22). The molecule has 0 spiro atoms. The van der Waals surface area contributed by atoms with Gasteiger partial charge in [-0.15, -0.1) is 0 Å². The van der Waals surface area contributed by atoms with Gasteiger partial charge < -0.3 is 49.8 Å². The monoisotopic (exact) mass is 395 g/mol. The van der Waals surface area contributed by atoms with E-state index in [-0.39, 0.29) is 0 Å². The molecule has 12 nitrogen and oxygen atoms in total. The summed E-state index contributed by atoms with van der Waals surface area (Å²) in [4.78, 5) is 22.7. The number of carbonyl (C=O) groups excluding carboxylic acids is 1. The molecule has 0 saturated carbocycles. The molecule has 12 heteroatoms. The summed E-state index contributed by atoms with van der Waals surface area (Å²) in [6, 6.07) is -0.817. The quantitative estimate of drug-likeness (QED) is 0.272. The Labute approximate surface area is 154 Å². The number of hydrogen-bond acceptors (Lipinski definition) is 10. The lowest BCUT2D eigenvalue weighted by molar-refractivity contribution is -0.341. The van der Waals surface area contributed by atoms with Crippen LogP contribution in [0.15, 0.2) is 0 Å². The van der Waals surface area contributed by atoms with Crippen LogP contribution in [-0.4, -0.2) is 106 Å². The van der Waals surface area contributed by atoms with E-state index in [1.165, 1.54) is 14.0 Å². The molecule has 0 bridgehead atoms. The summed E-state index contributed by atoms with van der Waals surface area (Å²) in [5.41, 5.74) is 0. The number of nitrogens with one attached hydrogen (secondary N) is 1. The summed E-state index contributed by atoms with van der Waals surface area (Å²) in [6.45, 7) is 2.82. The van der Waals surface area contributed by atoms with Crippen LogP contribution >= 0.6 is 0 Å². The second-order valence-electron chi connectivity index (χ2n) is 6.49. The van der Waals surface area contributed by atoms with Crippen LogP contribution < -0.4 is 5.32 Å². The van der Waals surface area contributed by atoms with Crippen molar-refractivity contribution < 1.29 is 54.1 Å². The Bertz CT molecular complexity index is 546.